The second-order valence-corrected chi connectivity index (χ2v) is 7.34. The molecule has 0 aliphatic rings. The van der Waals surface area contributed by atoms with Crippen molar-refractivity contribution in [3.05, 3.63) is 63.6 Å². The van der Waals surface area contributed by atoms with E-state index in [9.17, 15) is 4.79 Å². The minimum absolute atomic E-state index is 0.281. The predicted molar refractivity (Wildman–Crippen MR) is 103 cm³/mol. The molecule has 0 aromatic heterocycles. The molecule has 0 aliphatic carbocycles. The highest BCUT2D eigenvalue weighted by atomic mass is 35.5. The molecule has 2 aromatic carbocycles. The zero-order valence-corrected chi connectivity index (χ0v) is 16.1. The zero-order valence-electron chi connectivity index (χ0n) is 14.6. The quantitative estimate of drug-likeness (QED) is 0.536. The molecule has 6 heteroatoms. The summed E-state index contributed by atoms with van der Waals surface area (Å²) in [4.78, 5) is 12.9. The Kier molecular flexibility index (Phi) is 6.09. The normalized spacial score (nSPS) is 11.6. The smallest absolute Gasteiger partial charge is 0.274 e. The fraction of sp³-hybridized carbons (Fsp3) is 0.263. The van der Waals surface area contributed by atoms with Gasteiger partial charge in [-0.05, 0) is 56.7 Å². The summed E-state index contributed by atoms with van der Waals surface area (Å²) in [6.07, 6.45) is 1.62. The number of methoxy groups -OCH3 is 1. The molecular weight excluding hydrogens is 359 g/mol. The Bertz CT molecular complexity index is 778. The van der Waals surface area contributed by atoms with E-state index in [1.54, 1.807) is 31.5 Å². The first-order valence-corrected chi connectivity index (χ1v) is 8.45. The summed E-state index contributed by atoms with van der Waals surface area (Å²) in [5, 5.41) is 6.61. The molecule has 25 heavy (non-hydrogen) atoms. The predicted octanol–water partition coefficient (Wildman–Crippen LogP) is 5.28. The number of hydrogen-bond acceptors (Lipinski definition) is 3. The second-order valence-electron chi connectivity index (χ2n) is 6.47. The fourth-order valence-electron chi connectivity index (χ4n) is 2.18. The summed E-state index contributed by atoms with van der Waals surface area (Å²) in [7, 11) is 1.60. The molecule has 2 aromatic rings. The van der Waals surface area contributed by atoms with E-state index in [1.165, 1.54) is 5.01 Å². The van der Waals surface area contributed by atoms with Crippen LogP contribution in [0.5, 0.6) is 5.75 Å². The average Bonchev–Trinajstić information content (AvgIpc) is 2.53. The zero-order chi connectivity index (χ0) is 18.6. The van der Waals surface area contributed by atoms with Crippen LogP contribution in [0.3, 0.4) is 0 Å². The van der Waals surface area contributed by atoms with Crippen molar-refractivity contribution in [2.75, 3.05) is 7.11 Å². The van der Waals surface area contributed by atoms with E-state index >= 15 is 0 Å². The lowest BCUT2D eigenvalue weighted by molar-refractivity contribution is 0.0593. The van der Waals surface area contributed by atoms with Gasteiger partial charge in [-0.3, -0.25) is 4.79 Å². The number of rotatable bonds is 4. The highest BCUT2D eigenvalue weighted by molar-refractivity contribution is 6.35. The van der Waals surface area contributed by atoms with Crippen LogP contribution in [0.15, 0.2) is 47.6 Å². The number of benzene rings is 2. The van der Waals surface area contributed by atoms with Crippen molar-refractivity contribution in [3.8, 4) is 5.75 Å². The lowest BCUT2D eigenvalue weighted by atomic mass is 10.1. The van der Waals surface area contributed by atoms with Crippen LogP contribution >= 0.6 is 23.2 Å². The molecule has 0 bridgehead atoms. The van der Waals surface area contributed by atoms with Gasteiger partial charge in [-0.1, -0.05) is 35.3 Å². The number of hydrazone groups is 1. The first-order valence-electron chi connectivity index (χ1n) is 7.69. The van der Waals surface area contributed by atoms with E-state index in [-0.39, 0.29) is 5.91 Å². The number of ether oxygens (including phenoxy) is 1. The third-order valence-corrected chi connectivity index (χ3v) is 3.79. The summed E-state index contributed by atoms with van der Waals surface area (Å²) < 4.78 is 5.20. The highest BCUT2D eigenvalue weighted by Crippen LogP contribution is 2.23. The lowest BCUT2D eigenvalue weighted by Crippen LogP contribution is -2.42. The van der Waals surface area contributed by atoms with Crippen LogP contribution < -0.4 is 4.74 Å². The van der Waals surface area contributed by atoms with E-state index in [0.717, 1.165) is 11.3 Å². The van der Waals surface area contributed by atoms with Crippen molar-refractivity contribution in [2.45, 2.75) is 26.3 Å². The molecule has 0 fully saturated rings. The Labute approximate surface area is 158 Å². The van der Waals surface area contributed by atoms with Crippen molar-refractivity contribution in [1.29, 1.82) is 0 Å². The van der Waals surface area contributed by atoms with Crippen LogP contribution in [-0.2, 0) is 0 Å². The number of hydrogen-bond donors (Lipinski definition) is 0. The molecule has 0 aliphatic heterocycles. The Balaban J connectivity index is 2.35. The summed E-state index contributed by atoms with van der Waals surface area (Å²) in [6.45, 7) is 5.71. The standard InChI is InChI=1S/C19H20Cl2N2O2/c1-19(2,3)23(18(24)14-9-15(20)11-16(21)10-14)22-12-13-6-5-7-17(8-13)25-4/h5-12H,1-4H3/b22-12+. The molecule has 4 nitrogen and oxygen atoms in total. The van der Waals surface area contributed by atoms with Crippen LogP contribution in [0.4, 0.5) is 0 Å². The molecule has 132 valence electrons. The van der Waals surface area contributed by atoms with Gasteiger partial charge in [-0.25, -0.2) is 5.01 Å². The Morgan fingerprint density at radius 3 is 2.32 bits per heavy atom. The molecule has 0 saturated heterocycles. The molecule has 0 saturated carbocycles. The topological polar surface area (TPSA) is 41.9 Å². The third-order valence-electron chi connectivity index (χ3n) is 3.35. The molecule has 0 unspecified atom stereocenters. The van der Waals surface area contributed by atoms with Gasteiger partial charge in [0.05, 0.1) is 18.9 Å². The van der Waals surface area contributed by atoms with E-state index in [0.29, 0.717) is 15.6 Å². The van der Waals surface area contributed by atoms with Gasteiger partial charge in [0.15, 0.2) is 0 Å². The van der Waals surface area contributed by atoms with Gasteiger partial charge < -0.3 is 4.74 Å². The molecule has 0 N–H and O–H groups in total. The van der Waals surface area contributed by atoms with E-state index in [4.69, 9.17) is 27.9 Å². The number of halogens is 2. The van der Waals surface area contributed by atoms with Crippen molar-refractivity contribution in [3.63, 3.8) is 0 Å². The minimum Gasteiger partial charge on any atom is -0.497 e. The Morgan fingerprint density at radius 1 is 1.12 bits per heavy atom. The minimum atomic E-state index is -0.527. The van der Waals surface area contributed by atoms with Crippen molar-refractivity contribution < 1.29 is 9.53 Å². The maximum Gasteiger partial charge on any atom is 0.274 e. The van der Waals surface area contributed by atoms with Gasteiger partial charge in [-0.2, -0.15) is 5.10 Å². The molecule has 1 amide bonds. The van der Waals surface area contributed by atoms with Crippen LogP contribution in [-0.4, -0.2) is 29.8 Å². The van der Waals surface area contributed by atoms with Crippen molar-refractivity contribution >= 4 is 35.3 Å². The molecule has 2 rings (SSSR count). The first-order chi connectivity index (χ1) is 11.7. The number of amides is 1. The SMILES string of the molecule is COc1cccc(/C=N/N(C(=O)c2cc(Cl)cc(Cl)c2)C(C)(C)C)c1. The summed E-state index contributed by atoms with van der Waals surface area (Å²) >= 11 is 12.0. The molecule has 0 spiro atoms. The van der Waals surface area contributed by atoms with Crippen LogP contribution in [0, 0.1) is 0 Å². The summed E-state index contributed by atoms with van der Waals surface area (Å²) in [6, 6.07) is 12.2. The van der Waals surface area contributed by atoms with Crippen LogP contribution in [0.2, 0.25) is 10.0 Å². The summed E-state index contributed by atoms with van der Waals surface area (Å²) in [5.74, 6) is 0.440. The molecular formula is C19H20Cl2N2O2. The largest absolute Gasteiger partial charge is 0.497 e. The average molecular weight is 379 g/mol. The van der Waals surface area contributed by atoms with Gasteiger partial charge in [0.25, 0.3) is 5.91 Å². The van der Waals surface area contributed by atoms with Gasteiger partial charge in [0.2, 0.25) is 0 Å². The Hall–Kier alpha value is -2.04. The molecule has 0 heterocycles. The van der Waals surface area contributed by atoms with Crippen LogP contribution in [0.1, 0.15) is 36.7 Å². The highest BCUT2D eigenvalue weighted by Gasteiger charge is 2.27. The summed E-state index contributed by atoms with van der Waals surface area (Å²) in [5.41, 5.74) is 0.682. The van der Waals surface area contributed by atoms with Gasteiger partial charge >= 0.3 is 0 Å². The molecule has 0 radical (unpaired) electrons. The fourth-order valence-corrected chi connectivity index (χ4v) is 2.70. The lowest BCUT2D eigenvalue weighted by Gasteiger charge is -2.31. The second kappa shape index (κ2) is 7.89. The number of nitrogens with zero attached hydrogens (tertiary/aromatic N) is 2. The van der Waals surface area contributed by atoms with Gasteiger partial charge in [0, 0.05) is 15.6 Å². The van der Waals surface area contributed by atoms with E-state index in [1.807, 2.05) is 45.0 Å². The van der Waals surface area contributed by atoms with E-state index in [2.05, 4.69) is 5.10 Å². The van der Waals surface area contributed by atoms with E-state index < -0.39 is 5.54 Å². The van der Waals surface area contributed by atoms with Crippen molar-refractivity contribution in [2.24, 2.45) is 5.10 Å². The third kappa shape index (κ3) is 5.21. The maximum absolute atomic E-state index is 12.9. The maximum atomic E-state index is 12.9. The number of carbonyl (C=O) groups excluding carboxylic acids is 1. The molecule has 0 atom stereocenters. The number of carbonyl (C=O) groups is 1. The van der Waals surface area contributed by atoms with Gasteiger partial charge in [-0.15, -0.1) is 0 Å². The van der Waals surface area contributed by atoms with Gasteiger partial charge in [0.1, 0.15) is 5.75 Å². The monoisotopic (exact) mass is 378 g/mol. The van der Waals surface area contributed by atoms with Crippen molar-refractivity contribution in [1.82, 2.24) is 5.01 Å². The Morgan fingerprint density at radius 2 is 1.76 bits per heavy atom. The van der Waals surface area contributed by atoms with Crippen LogP contribution in [0.25, 0.3) is 0 Å². The first kappa shape index (κ1) is 19.3.